The number of benzene rings is 1. The molecular formula is C16H23NO2. The van der Waals surface area contributed by atoms with Crippen LogP contribution in [-0.4, -0.2) is 23.0 Å². The van der Waals surface area contributed by atoms with E-state index in [1.165, 1.54) is 0 Å². The van der Waals surface area contributed by atoms with Crippen LogP contribution in [0.5, 0.6) is 0 Å². The van der Waals surface area contributed by atoms with Gasteiger partial charge in [0.15, 0.2) is 5.78 Å². The van der Waals surface area contributed by atoms with E-state index in [2.05, 4.69) is 12.2 Å². The van der Waals surface area contributed by atoms with Crippen LogP contribution in [0.3, 0.4) is 0 Å². The summed E-state index contributed by atoms with van der Waals surface area (Å²) in [6.45, 7) is 4.00. The van der Waals surface area contributed by atoms with Gasteiger partial charge in [-0.1, -0.05) is 6.92 Å². The zero-order valence-electron chi connectivity index (χ0n) is 11.8. The summed E-state index contributed by atoms with van der Waals surface area (Å²) in [6, 6.07) is 7.51. The first-order chi connectivity index (χ1) is 9.04. The highest BCUT2D eigenvalue weighted by Gasteiger charge is 2.33. The van der Waals surface area contributed by atoms with Crippen LogP contribution < -0.4 is 5.32 Å². The third-order valence-corrected chi connectivity index (χ3v) is 4.23. The largest absolute Gasteiger partial charge is 0.394 e. The number of ketones is 1. The average molecular weight is 261 g/mol. The number of nitrogens with one attached hydrogen (secondary N) is 1. The van der Waals surface area contributed by atoms with Crippen molar-refractivity contribution in [3.8, 4) is 0 Å². The molecule has 1 fully saturated rings. The van der Waals surface area contributed by atoms with Gasteiger partial charge in [0.25, 0.3) is 0 Å². The Labute approximate surface area is 115 Å². The van der Waals surface area contributed by atoms with E-state index in [0.29, 0.717) is 0 Å². The maximum absolute atomic E-state index is 11.2. The first kappa shape index (κ1) is 14.1. The Morgan fingerprint density at radius 1 is 1.32 bits per heavy atom. The smallest absolute Gasteiger partial charge is 0.159 e. The van der Waals surface area contributed by atoms with E-state index in [0.717, 1.165) is 42.9 Å². The van der Waals surface area contributed by atoms with Crippen molar-refractivity contribution >= 4 is 11.5 Å². The van der Waals surface area contributed by atoms with Crippen LogP contribution >= 0.6 is 0 Å². The van der Waals surface area contributed by atoms with Gasteiger partial charge in [-0.15, -0.1) is 0 Å². The number of anilines is 1. The summed E-state index contributed by atoms with van der Waals surface area (Å²) in [5, 5.41) is 13.2. The maximum Gasteiger partial charge on any atom is 0.159 e. The molecule has 0 aliphatic heterocycles. The first-order valence-corrected chi connectivity index (χ1v) is 7.05. The van der Waals surface area contributed by atoms with Gasteiger partial charge in [0.2, 0.25) is 0 Å². The Hall–Kier alpha value is -1.35. The van der Waals surface area contributed by atoms with Crippen LogP contribution in [0.15, 0.2) is 24.3 Å². The quantitative estimate of drug-likeness (QED) is 0.818. The minimum absolute atomic E-state index is 0.0786. The van der Waals surface area contributed by atoms with E-state index in [9.17, 15) is 9.90 Å². The molecule has 0 heterocycles. The van der Waals surface area contributed by atoms with Gasteiger partial charge >= 0.3 is 0 Å². The predicted molar refractivity (Wildman–Crippen MR) is 77.5 cm³/mol. The number of hydrogen-bond donors (Lipinski definition) is 2. The lowest BCUT2D eigenvalue weighted by Gasteiger charge is -2.39. The highest BCUT2D eigenvalue weighted by atomic mass is 16.3. The van der Waals surface area contributed by atoms with Crippen LogP contribution in [0.4, 0.5) is 5.69 Å². The summed E-state index contributed by atoms with van der Waals surface area (Å²) in [5.74, 6) is 0.830. The van der Waals surface area contributed by atoms with Crippen molar-refractivity contribution in [2.75, 3.05) is 11.9 Å². The van der Waals surface area contributed by atoms with Crippen molar-refractivity contribution < 1.29 is 9.90 Å². The second kappa shape index (κ2) is 5.74. The molecule has 2 rings (SSSR count). The highest BCUT2D eigenvalue weighted by Crippen LogP contribution is 2.34. The van der Waals surface area contributed by atoms with Crippen LogP contribution in [0.25, 0.3) is 0 Å². The minimum atomic E-state index is -0.190. The summed E-state index contributed by atoms with van der Waals surface area (Å²) in [6.07, 6.45) is 4.30. The molecule has 19 heavy (non-hydrogen) atoms. The molecule has 0 amide bonds. The minimum Gasteiger partial charge on any atom is -0.394 e. The number of Topliss-reactive ketones (excluding diaryl/α,β-unsaturated/α-hetero) is 1. The number of aliphatic hydroxyl groups is 1. The molecule has 0 radical (unpaired) electrons. The van der Waals surface area contributed by atoms with Crippen LogP contribution in [-0.2, 0) is 0 Å². The predicted octanol–water partition coefficient (Wildman–Crippen LogP) is 3.24. The molecule has 3 nitrogen and oxygen atoms in total. The Kier molecular flexibility index (Phi) is 4.25. The first-order valence-electron chi connectivity index (χ1n) is 7.05. The fourth-order valence-corrected chi connectivity index (χ4v) is 2.73. The summed E-state index contributed by atoms with van der Waals surface area (Å²) in [7, 11) is 0. The van der Waals surface area contributed by atoms with Gasteiger partial charge in [-0.05, 0) is 62.8 Å². The van der Waals surface area contributed by atoms with Gasteiger partial charge < -0.3 is 10.4 Å². The fourth-order valence-electron chi connectivity index (χ4n) is 2.73. The third kappa shape index (κ3) is 3.35. The SMILES string of the molecule is CC(=O)c1ccc(NC2(CO)CCC(C)CC2)cc1. The Morgan fingerprint density at radius 2 is 1.89 bits per heavy atom. The monoisotopic (exact) mass is 261 g/mol. The molecule has 0 bridgehead atoms. The number of rotatable bonds is 4. The molecule has 1 aliphatic carbocycles. The molecule has 1 aliphatic rings. The van der Waals surface area contributed by atoms with Crippen molar-refractivity contribution in [1.29, 1.82) is 0 Å². The van der Waals surface area contributed by atoms with Gasteiger partial charge in [-0.3, -0.25) is 4.79 Å². The molecule has 0 unspecified atom stereocenters. The molecule has 1 aromatic carbocycles. The van der Waals surface area contributed by atoms with Gasteiger partial charge in [0.1, 0.15) is 0 Å². The second-order valence-electron chi connectivity index (χ2n) is 5.88. The van der Waals surface area contributed by atoms with E-state index < -0.39 is 0 Å². The lowest BCUT2D eigenvalue weighted by atomic mass is 9.77. The second-order valence-corrected chi connectivity index (χ2v) is 5.88. The molecule has 2 N–H and O–H groups in total. The van der Waals surface area contributed by atoms with E-state index in [4.69, 9.17) is 0 Å². The van der Waals surface area contributed by atoms with Crippen molar-refractivity contribution in [3.63, 3.8) is 0 Å². The molecular weight excluding hydrogens is 238 g/mol. The standard InChI is InChI=1S/C16H23NO2/c1-12-7-9-16(11-18,10-8-12)17-15-5-3-14(4-6-15)13(2)19/h3-6,12,17-18H,7-11H2,1-2H3. The Bertz CT molecular complexity index is 431. The van der Waals surface area contributed by atoms with Gasteiger partial charge in [-0.25, -0.2) is 0 Å². The normalized spacial score (nSPS) is 27.0. The highest BCUT2D eigenvalue weighted by molar-refractivity contribution is 5.94. The number of hydrogen-bond acceptors (Lipinski definition) is 3. The molecule has 3 heteroatoms. The zero-order valence-corrected chi connectivity index (χ0v) is 11.8. The van der Waals surface area contributed by atoms with Crippen molar-refractivity contribution in [2.45, 2.75) is 45.1 Å². The summed E-state index contributed by atoms with van der Waals surface area (Å²) in [4.78, 5) is 11.2. The fraction of sp³-hybridized carbons (Fsp3) is 0.562. The van der Waals surface area contributed by atoms with Gasteiger partial charge in [-0.2, -0.15) is 0 Å². The third-order valence-electron chi connectivity index (χ3n) is 4.23. The number of carbonyl (C=O) groups excluding carboxylic acids is 1. The lowest BCUT2D eigenvalue weighted by molar-refractivity contribution is 0.101. The van der Waals surface area contributed by atoms with E-state index in [-0.39, 0.29) is 17.9 Å². The van der Waals surface area contributed by atoms with Gasteiger partial charge in [0.05, 0.1) is 12.1 Å². The maximum atomic E-state index is 11.2. The summed E-state index contributed by atoms with van der Waals surface area (Å²) >= 11 is 0. The molecule has 1 aromatic rings. The van der Waals surface area contributed by atoms with Crippen molar-refractivity contribution in [2.24, 2.45) is 5.92 Å². The molecule has 0 spiro atoms. The Morgan fingerprint density at radius 3 is 2.37 bits per heavy atom. The van der Waals surface area contributed by atoms with Crippen LogP contribution in [0, 0.1) is 5.92 Å². The molecule has 0 saturated heterocycles. The Balaban J connectivity index is 2.08. The lowest BCUT2D eigenvalue weighted by Crippen LogP contribution is -2.45. The summed E-state index contributed by atoms with van der Waals surface area (Å²) in [5.41, 5.74) is 1.51. The molecule has 0 atom stereocenters. The van der Waals surface area contributed by atoms with Gasteiger partial charge in [0, 0.05) is 11.3 Å². The van der Waals surface area contributed by atoms with Crippen LogP contribution in [0.1, 0.15) is 49.9 Å². The van der Waals surface area contributed by atoms with E-state index >= 15 is 0 Å². The zero-order chi connectivity index (χ0) is 13.9. The van der Waals surface area contributed by atoms with Crippen molar-refractivity contribution in [3.05, 3.63) is 29.8 Å². The average Bonchev–Trinajstić information content (AvgIpc) is 2.42. The van der Waals surface area contributed by atoms with Crippen LogP contribution in [0.2, 0.25) is 0 Å². The van der Waals surface area contributed by atoms with E-state index in [1.54, 1.807) is 6.92 Å². The summed E-state index contributed by atoms with van der Waals surface area (Å²) < 4.78 is 0. The molecule has 104 valence electrons. The van der Waals surface area contributed by atoms with E-state index in [1.807, 2.05) is 24.3 Å². The number of carbonyl (C=O) groups is 1. The van der Waals surface area contributed by atoms with Crippen molar-refractivity contribution in [1.82, 2.24) is 0 Å². The number of aliphatic hydroxyl groups excluding tert-OH is 1. The molecule has 1 saturated carbocycles. The molecule has 0 aromatic heterocycles. The topological polar surface area (TPSA) is 49.3 Å².